The lowest BCUT2D eigenvalue weighted by molar-refractivity contribution is -0.113. The second-order valence-corrected chi connectivity index (χ2v) is 7.01. The Kier molecular flexibility index (Phi) is 5.55. The Bertz CT molecular complexity index is 982. The lowest BCUT2D eigenvalue weighted by atomic mass is 10.2. The molecule has 0 saturated heterocycles. The number of amides is 1. The third-order valence-electron chi connectivity index (χ3n) is 3.31. The zero-order valence-corrected chi connectivity index (χ0v) is 15.6. The predicted octanol–water partition coefficient (Wildman–Crippen LogP) is 3.54. The maximum absolute atomic E-state index is 12.0. The number of carbonyl (C=O) groups is 1. The Morgan fingerprint density at radius 1 is 1.31 bits per heavy atom. The summed E-state index contributed by atoms with van der Waals surface area (Å²) in [5, 5.41) is 28.6. The average molecular weight is 430 g/mol. The normalized spacial score (nSPS) is 10.3. The third-order valence-corrected chi connectivity index (χ3v) is 4.65. The number of aromatic hydroxyl groups is 1. The summed E-state index contributed by atoms with van der Waals surface area (Å²) in [6.07, 6.45) is 0. The fraction of sp³-hybridized carbons (Fsp3) is 0.0588. The molecule has 3 N–H and O–H groups in total. The van der Waals surface area contributed by atoms with E-state index < -0.39 is 0 Å². The summed E-state index contributed by atoms with van der Waals surface area (Å²) < 4.78 is 0.803. The monoisotopic (exact) mass is 429 g/mol. The molecule has 3 aromatic rings. The number of halogens is 1. The minimum atomic E-state index is -0.212. The number of phenolic OH excluding ortho intramolecular Hbond substituents is 1. The summed E-state index contributed by atoms with van der Waals surface area (Å²) >= 11 is 4.51. The quantitative estimate of drug-likeness (QED) is 0.534. The topological polar surface area (TPSA) is 115 Å². The standard InChI is InChI=1S/C17H12BrN5O2S/c18-11-3-6-14(24)13(7-11)16-21-17(23-22-16)26-9-15(25)20-12-4-1-10(8-19)2-5-12/h1-7,24H,9H2,(H,20,25)(H,21,22,23). The average Bonchev–Trinajstić information content (AvgIpc) is 3.11. The zero-order chi connectivity index (χ0) is 18.5. The van der Waals surface area contributed by atoms with E-state index in [1.165, 1.54) is 11.8 Å². The molecule has 0 aliphatic rings. The van der Waals surface area contributed by atoms with Crippen molar-refractivity contribution in [3.63, 3.8) is 0 Å². The maximum Gasteiger partial charge on any atom is 0.234 e. The number of nitrogens with zero attached hydrogens (tertiary/aromatic N) is 3. The largest absolute Gasteiger partial charge is 0.507 e. The first-order chi connectivity index (χ1) is 12.5. The van der Waals surface area contributed by atoms with Crippen molar-refractivity contribution in [2.75, 3.05) is 11.1 Å². The van der Waals surface area contributed by atoms with Gasteiger partial charge in [-0.3, -0.25) is 9.89 Å². The predicted molar refractivity (Wildman–Crippen MR) is 102 cm³/mol. The first kappa shape index (κ1) is 18.0. The van der Waals surface area contributed by atoms with Gasteiger partial charge in [0, 0.05) is 10.2 Å². The van der Waals surface area contributed by atoms with Gasteiger partial charge in [-0.25, -0.2) is 4.98 Å². The van der Waals surface area contributed by atoms with Gasteiger partial charge in [0.25, 0.3) is 0 Å². The molecule has 0 spiro atoms. The van der Waals surface area contributed by atoms with Gasteiger partial charge in [-0.05, 0) is 42.5 Å². The number of aromatic amines is 1. The summed E-state index contributed by atoms with van der Waals surface area (Å²) in [5.74, 6) is 0.413. The van der Waals surface area contributed by atoms with Gasteiger partial charge in [0.2, 0.25) is 11.1 Å². The molecule has 0 aliphatic heterocycles. The molecule has 1 aromatic heterocycles. The second-order valence-electron chi connectivity index (χ2n) is 5.15. The lowest BCUT2D eigenvalue weighted by Gasteiger charge is -2.03. The number of thioether (sulfide) groups is 1. The summed E-state index contributed by atoms with van der Waals surface area (Å²) in [6, 6.07) is 13.6. The van der Waals surface area contributed by atoms with E-state index in [9.17, 15) is 9.90 Å². The van der Waals surface area contributed by atoms with Crippen LogP contribution >= 0.6 is 27.7 Å². The van der Waals surface area contributed by atoms with E-state index >= 15 is 0 Å². The molecule has 0 aliphatic carbocycles. The van der Waals surface area contributed by atoms with Gasteiger partial charge in [-0.15, -0.1) is 5.10 Å². The number of rotatable bonds is 5. The molecule has 26 heavy (non-hydrogen) atoms. The Morgan fingerprint density at radius 2 is 2.08 bits per heavy atom. The number of nitrogens with one attached hydrogen (secondary N) is 2. The van der Waals surface area contributed by atoms with Crippen LogP contribution in [0.4, 0.5) is 5.69 Å². The molecule has 0 atom stereocenters. The van der Waals surface area contributed by atoms with E-state index in [1.807, 2.05) is 6.07 Å². The number of carbonyl (C=O) groups excluding carboxylic acids is 1. The van der Waals surface area contributed by atoms with Crippen molar-refractivity contribution in [3.05, 3.63) is 52.5 Å². The summed E-state index contributed by atoms with van der Waals surface area (Å²) in [6.45, 7) is 0. The molecular weight excluding hydrogens is 418 g/mol. The highest BCUT2D eigenvalue weighted by Crippen LogP contribution is 2.30. The Balaban J connectivity index is 1.60. The van der Waals surface area contributed by atoms with Crippen molar-refractivity contribution >= 4 is 39.3 Å². The van der Waals surface area contributed by atoms with E-state index in [4.69, 9.17) is 5.26 Å². The van der Waals surface area contributed by atoms with Crippen LogP contribution in [0.2, 0.25) is 0 Å². The number of benzene rings is 2. The van der Waals surface area contributed by atoms with Crippen LogP contribution in [0.5, 0.6) is 5.75 Å². The van der Waals surface area contributed by atoms with Crippen LogP contribution in [0.15, 0.2) is 52.1 Å². The van der Waals surface area contributed by atoms with Gasteiger partial charge in [0.1, 0.15) is 5.75 Å². The van der Waals surface area contributed by atoms with Crippen molar-refractivity contribution in [1.29, 1.82) is 5.26 Å². The smallest absolute Gasteiger partial charge is 0.234 e. The molecule has 2 aromatic carbocycles. The van der Waals surface area contributed by atoms with Crippen LogP contribution in [0, 0.1) is 11.3 Å². The first-order valence-corrected chi connectivity index (χ1v) is 9.17. The number of hydrogen-bond acceptors (Lipinski definition) is 6. The molecule has 9 heteroatoms. The van der Waals surface area contributed by atoms with E-state index in [0.29, 0.717) is 27.8 Å². The number of anilines is 1. The number of H-pyrrole nitrogens is 1. The SMILES string of the molecule is N#Cc1ccc(NC(=O)CSc2n[nH]c(-c3cc(Br)ccc3O)n2)cc1. The highest BCUT2D eigenvalue weighted by molar-refractivity contribution is 9.10. The molecule has 1 amide bonds. The molecular formula is C17H12BrN5O2S. The fourth-order valence-corrected chi connectivity index (χ4v) is 3.04. The minimum absolute atomic E-state index is 0.0828. The van der Waals surface area contributed by atoms with Crippen LogP contribution in [0.1, 0.15) is 5.56 Å². The van der Waals surface area contributed by atoms with Crippen LogP contribution in [-0.2, 0) is 4.79 Å². The third kappa shape index (κ3) is 4.41. The second kappa shape index (κ2) is 8.03. The van der Waals surface area contributed by atoms with Gasteiger partial charge in [0.05, 0.1) is 22.9 Å². The van der Waals surface area contributed by atoms with E-state index in [1.54, 1.807) is 42.5 Å². The van der Waals surface area contributed by atoms with Crippen LogP contribution in [0.25, 0.3) is 11.4 Å². The summed E-state index contributed by atoms with van der Waals surface area (Å²) in [7, 11) is 0. The van der Waals surface area contributed by atoms with Gasteiger partial charge >= 0.3 is 0 Å². The highest BCUT2D eigenvalue weighted by Gasteiger charge is 2.12. The number of hydrogen-bond donors (Lipinski definition) is 3. The number of phenols is 1. The molecule has 0 radical (unpaired) electrons. The van der Waals surface area contributed by atoms with Gasteiger partial charge in [-0.2, -0.15) is 5.26 Å². The molecule has 3 rings (SSSR count). The van der Waals surface area contributed by atoms with Crippen molar-refractivity contribution in [2.24, 2.45) is 0 Å². The van der Waals surface area contributed by atoms with Crippen molar-refractivity contribution < 1.29 is 9.90 Å². The molecule has 0 saturated carbocycles. The van der Waals surface area contributed by atoms with Crippen LogP contribution < -0.4 is 5.32 Å². The Morgan fingerprint density at radius 3 is 2.81 bits per heavy atom. The van der Waals surface area contributed by atoms with E-state index in [0.717, 1.165) is 4.47 Å². The molecule has 130 valence electrons. The number of nitriles is 1. The van der Waals surface area contributed by atoms with Crippen LogP contribution in [-0.4, -0.2) is 31.9 Å². The molecule has 1 heterocycles. The van der Waals surface area contributed by atoms with E-state index in [2.05, 4.69) is 36.4 Å². The molecule has 0 unspecified atom stereocenters. The summed E-state index contributed by atoms with van der Waals surface area (Å²) in [4.78, 5) is 16.3. The van der Waals surface area contributed by atoms with E-state index in [-0.39, 0.29) is 17.4 Å². The van der Waals surface area contributed by atoms with Gasteiger partial charge < -0.3 is 10.4 Å². The molecule has 7 nitrogen and oxygen atoms in total. The van der Waals surface area contributed by atoms with Crippen molar-refractivity contribution in [2.45, 2.75) is 5.16 Å². The minimum Gasteiger partial charge on any atom is -0.507 e. The molecule has 0 fully saturated rings. The fourth-order valence-electron chi connectivity index (χ4n) is 2.08. The first-order valence-electron chi connectivity index (χ1n) is 7.39. The lowest BCUT2D eigenvalue weighted by Crippen LogP contribution is -2.14. The number of aromatic nitrogens is 3. The highest BCUT2D eigenvalue weighted by atomic mass is 79.9. The Hall–Kier alpha value is -2.83. The molecule has 0 bridgehead atoms. The van der Waals surface area contributed by atoms with Crippen molar-refractivity contribution in [3.8, 4) is 23.2 Å². The maximum atomic E-state index is 12.0. The Labute approximate surface area is 161 Å². The van der Waals surface area contributed by atoms with Crippen LogP contribution in [0.3, 0.4) is 0 Å². The zero-order valence-electron chi connectivity index (χ0n) is 13.2. The van der Waals surface area contributed by atoms with Gasteiger partial charge in [-0.1, -0.05) is 27.7 Å². The summed E-state index contributed by atoms with van der Waals surface area (Å²) in [5.41, 5.74) is 1.66. The van der Waals surface area contributed by atoms with Gasteiger partial charge in [0.15, 0.2) is 5.82 Å². The van der Waals surface area contributed by atoms with Crippen molar-refractivity contribution in [1.82, 2.24) is 15.2 Å².